The largest absolute Gasteiger partial charge is 0.496 e. The van der Waals surface area contributed by atoms with E-state index in [4.69, 9.17) is 27.9 Å². The number of carbonyl (C=O) groups excluding carboxylic acids is 1. The number of amides is 1. The normalized spacial score (nSPS) is 16.6. The van der Waals surface area contributed by atoms with Crippen molar-refractivity contribution in [3.63, 3.8) is 0 Å². The minimum Gasteiger partial charge on any atom is -0.496 e. The molecule has 1 amide bonds. The number of rotatable bonds is 4. The number of carbonyl (C=O) groups is 1. The molecular weight excluding hydrogens is 311 g/mol. The molecule has 1 aliphatic heterocycles. The van der Waals surface area contributed by atoms with Gasteiger partial charge in [-0.2, -0.15) is 0 Å². The summed E-state index contributed by atoms with van der Waals surface area (Å²) in [6.45, 7) is 4.13. The number of methoxy groups -OCH3 is 1. The molecule has 0 N–H and O–H groups in total. The van der Waals surface area contributed by atoms with Crippen molar-refractivity contribution < 1.29 is 9.53 Å². The summed E-state index contributed by atoms with van der Waals surface area (Å²) in [5.41, 5.74) is 0.524. The van der Waals surface area contributed by atoms with Crippen molar-refractivity contribution in [1.29, 1.82) is 0 Å². The van der Waals surface area contributed by atoms with E-state index in [1.807, 2.05) is 4.90 Å². The third-order valence-electron chi connectivity index (χ3n) is 3.67. The first-order valence-corrected chi connectivity index (χ1v) is 7.98. The van der Waals surface area contributed by atoms with Gasteiger partial charge in [0.25, 0.3) is 5.91 Å². The molecule has 1 aliphatic rings. The van der Waals surface area contributed by atoms with Crippen LogP contribution < -0.4 is 4.74 Å². The van der Waals surface area contributed by atoms with Gasteiger partial charge in [0.1, 0.15) is 5.75 Å². The van der Waals surface area contributed by atoms with E-state index in [1.165, 1.54) is 0 Å². The molecule has 0 bridgehead atoms. The van der Waals surface area contributed by atoms with Gasteiger partial charge in [-0.15, -0.1) is 11.6 Å². The SMILES string of the molecule is COc1ccc(Cl)cc1C(=O)N1CCCN(CCCl)CC1. The van der Waals surface area contributed by atoms with Gasteiger partial charge in [-0.3, -0.25) is 4.79 Å². The molecule has 0 spiro atoms. The van der Waals surface area contributed by atoms with Crippen LogP contribution in [0.2, 0.25) is 5.02 Å². The van der Waals surface area contributed by atoms with Crippen molar-refractivity contribution in [1.82, 2.24) is 9.80 Å². The number of hydrogen-bond acceptors (Lipinski definition) is 3. The Morgan fingerprint density at radius 1 is 1.29 bits per heavy atom. The highest BCUT2D eigenvalue weighted by Gasteiger charge is 2.22. The lowest BCUT2D eigenvalue weighted by atomic mass is 10.1. The minimum atomic E-state index is -0.0259. The summed E-state index contributed by atoms with van der Waals surface area (Å²) >= 11 is 11.8. The van der Waals surface area contributed by atoms with Crippen LogP contribution in [0.15, 0.2) is 18.2 Å². The molecule has 0 radical (unpaired) electrons. The van der Waals surface area contributed by atoms with Crippen LogP contribution >= 0.6 is 23.2 Å². The molecule has 4 nitrogen and oxygen atoms in total. The molecule has 0 atom stereocenters. The zero-order valence-corrected chi connectivity index (χ0v) is 13.7. The molecule has 0 saturated carbocycles. The zero-order chi connectivity index (χ0) is 15.2. The van der Waals surface area contributed by atoms with Crippen LogP contribution in [-0.4, -0.2) is 61.4 Å². The minimum absolute atomic E-state index is 0.0259. The first-order chi connectivity index (χ1) is 10.2. The predicted octanol–water partition coefficient (Wildman–Crippen LogP) is 2.74. The third-order valence-corrected chi connectivity index (χ3v) is 4.07. The first-order valence-electron chi connectivity index (χ1n) is 7.07. The molecule has 116 valence electrons. The fraction of sp³-hybridized carbons (Fsp3) is 0.533. The van der Waals surface area contributed by atoms with E-state index < -0.39 is 0 Å². The van der Waals surface area contributed by atoms with Gasteiger partial charge >= 0.3 is 0 Å². The Morgan fingerprint density at radius 3 is 2.81 bits per heavy atom. The molecule has 0 aromatic heterocycles. The number of benzene rings is 1. The predicted molar refractivity (Wildman–Crippen MR) is 85.7 cm³/mol. The fourth-order valence-electron chi connectivity index (χ4n) is 2.53. The highest BCUT2D eigenvalue weighted by molar-refractivity contribution is 6.31. The standard InChI is InChI=1S/C15H20Cl2N2O2/c1-21-14-4-3-12(17)11-13(14)15(20)19-7-2-6-18(8-5-16)9-10-19/h3-4,11H,2,5-10H2,1H3. The second kappa shape index (κ2) is 7.87. The zero-order valence-electron chi connectivity index (χ0n) is 12.1. The van der Waals surface area contributed by atoms with E-state index in [0.717, 1.165) is 32.6 Å². The molecule has 1 aromatic rings. The average molecular weight is 331 g/mol. The molecule has 0 unspecified atom stereocenters. The molecule has 1 saturated heterocycles. The van der Waals surface area contributed by atoms with Gasteiger partial charge in [0.15, 0.2) is 0 Å². The maximum absolute atomic E-state index is 12.7. The lowest BCUT2D eigenvalue weighted by Crippen LogP contribution is -2.35. The lowest BCUT2D eigenvalue weighted by Gasteiger charge is -2.22. The highest BCUT2D eigenvalue weighted by Crippen LogP contribution is 2.24. The second-order valence-electron chi connectivity index (χ2n) is 5.02. The molecule has 1 fully saturated rings. The summed E-state index contributed by atoms with van der Waals surface area (Å²) in [5.74, 6) is 1.16. The Morgan fingerprint density at radius 2 is 2.10 bits per heavy atom. The maximum atomic E-state index is 12.7. The van der Waals surface area contributed by atoms with Gasteiger partial charge in [-0.05, 0) is 31.2 Å². The summed E-state index contributed by atoms with van der Waals surface area (Å²) in [4.78, 5) is 16.8. The maximum Gasteiger partial charge on any atom is 0.257 e. The average Bonchev–Trinajstić information content (AvgIpc) is 2.72. The fourth-order valence-corrected chi connectivity index (χ4v) is 2.95. The molecule has 2 rings (SSSR count). The summed E-state index contributed by atoms with van der Waals surface area (Å²) in [7, 11) is 1.56. The number of ether oxygens (including phenoxy) is 1. The summed E-state index contributed by atoms with van der Waals surface area (Å²) in [6.07, 6.45) is 0.950. The molecule has 1 aromatic carbocycles. The van der Waals surface area contributed by atoms with Crippen molar-refractivity contribution in [2.75, 3.05) is 45.7 Å². The van der Waals surface area contributed by atoms with Gasteiger partial charge in [0.2, 0.25) is 0 Å². The van der Waals surface area contributed by atoms with Crippen LogP contribution in [0.5, 0.6) is 5.75 Å². The monoisotopic (exact) mass is 330 g/mol. The van der Waals surface area contributed by atoms with Crippen LogP contribution in [0.25, 0.3) is 0 Å². The van der Waals surface area contributed by atoms with Crippen molar-refractivity contribution >= 4 is 29.1 Å². The van der Waals surface area contributed by atoms with Crippen molar-refractivity contribution in [2.24, 2.45) is 0 Å². The highest BCUT2D eigenvalue weighted by atomic mass is 35.5. The van der Waals surface area contributed by atoms with Gasteiger partial charge in [-0.25, -0.2) is 0 Å². The van der Waals surface area contributed by atoms with Crippen LogP contribution in [0.3, 0.4) is 0 Å². The van der Waals surface area contributed by atoms with Crippen molar-refractivity contribution in [3.05, 3.63) is 28.8 Å². The van der Waals surface area contributed by atoms with E-state index in [0.29, 0.717) is 28.8 Å². The van der Waals surface area contributed by atoms with Crippen LogP contribution in [-0.2, 0) is 0 Å². The molecule has 21 heavy (non-hydrogen) atoms. The van der Waals surface area contributed by atoms with Gasteiger partial charge in [0.05, 0.1) is 12.7 Å². The molecule has 0 aliphatic carbocycles. The van der Waals surface area contributed by atoms with E-state index >= 15 is 0 Å². The van der Waals surface area contributed by atoms with Gasteiger partial charge in [-0.1, -0.05) is 11.6 Å². The molecular formula is C15H20Cl2N2O2. The number of halogens is 2. The van der Waals surface area contributed by atoms with Crippen LogP contribution in [0, 0.1) is 0 Å². The third kappa shape index (κ3) is 4.25. The lowest BCUT2D eigenvalue weighted by molar-refractivity contribution is 0.0758. The van der Waals surface area contributed by atoms with E-state index in [1.54, 1.807) is 25.3 Å². The van der Waals surface area contributed by atoms with E-state index in [-0.39, 0.29) is 5.91 Å². The van der Waals surface area contributed by atoms with Crippen LogP contribution in [0.1, 0.15) is 16.8 Å². The molecule has 6 heteroatoms. The first kappa shape index (κ1) is 16.4. The Balaban J connectivity index is 2.11. The number of nitrogens with zero attached hydrogens (tertiary/aromatic N) is 2. The van der Waals surface area contributed by atoms with Crippen LogP contribution in [0.4, 0.5) is 0 Å². The Bertz CT molecular complexity index is 497. The van der Waals surface area contributed by atoms with E-state index in [2.05, 4.69) is 4.90 Å². The Hall–Kier alpha value is -0.970. The van der Waals surface area contributed by atoms with E-state index in [9.17, 15) is 4.79 Å². The number of hydrogen-bond donors (Lipinski definition) is 0. The summed E-state index contributed by atoms with van der Waals surface area (Å²) < 4.78 is 5.27. The van der Waals surface area contributed by atoms with Gasteiger partial charge < -0.3 is 14.5 Å². The second-order valence-corrected chi connectivity index (χ2v) is 5.84. The van der Waals surface area contributed by atoms with Gasteiger partial charge in [0, 0.05) is 37.1 Å². The Labute approximate surface area is 135 Å². The number of alkyl halides is 1. The summed E-state index contributed by atoms with van der Waals surface area (Å²) in [6, 6.07) is 5.12. The van der Waals surface area contributed by atoms with Crippen molar-refractivity contribution in [2.45, 2.75) is 6.42 Å². The summed E-state index contributed by atoms with van der Waals surface area (Å²) in [5, 5.41) is 0.540. The molecule has 1 heterocycles. The van der Waals surface area contributed by atoms with Crippen molar-refractivity contribution in [3.8, 4) is 5.75 Å². The smallest absolute Gasteiger partial charge is 0.257 e. The Kier molecular flexibility index (Phi) is 6.15. The topological polar surface area (TPSA) is 32.8 Å². The quantitative estimate of drug-likeness (QED) is 0.796.